The maximum Gasteiger partial charge on any atom is 0.321 e. The summed E-state index contributed by atoms with van der Waals surface area (Å²) < 4.78 is 26.0. The summed E-state index contributed by atoms with van der Waals surface area (Å²) in [7, 11) is -4.29. The van der Waals surface area contributed by atoms with Crippen molar-refractivity contribution in [1.29, 1.82) is 0 Å². The standard InChI is InChI=1S/C11H14N2O6S/c1-6-4-9(13(16)17)10(5-7(6)2)20(18,19)12-8(3)11(14)15/h4-5,8,12H,1-3H3,(H,14,15). The number of nitrogens with zero attached hydrogens (tertiary/aromatic N) is 1. The molecule has 1 aromatic rings. The zero-order chi connectivity index (χ0) is 15.7. The Labute approximate surface area is 115 Å². The van der Waals surface area contributed by atoms with Crippen LogP contribution in [0.15, 0.2) is 17.0 Å². The third-order valence-corrected chi connectivity index (χ3v) is 4.33. The molecule has 0 heterocycles. The van der Waals surface area contributed by atoms with E-state index in [1.165, 1.54) is 0 Å². The lowest BCUT2D eigenvalue weighted by molar-refractivity contribution is -0.387. The van der Waals surface area contributed by atoms with Crippen molar-refractivity contribution in [1.82, 2.24) is 4.72 Å². The third-order valence-electron chi connectivity index (χ3n) is 2.76. The first-order valence-electron chi connectivity index (χ1n) is 5.57. The first kappa shape index (κ1) is 16.1. The van der Waals surface area contributed by atoms with E-state index in [1.54, 1.807) is 13.8 Å². The third kappa shape index (κ3) is 3.31. The van der Waals surface area contributed by atoms with Gasteiger partial charge >= 0.3 is 5.97 Å². The van der Waals surface area contributed by atoms with Crippen molar-refractivity contribution < 1.29 is 23.2 Å². The number of carbonyl (C=O) groups is 1. The average molecular weight is 302 g/mol. The highest BCUT2D eigenvalue weighted by Crippen LogP contribution is 2.27. The fourth-order valence-corrected chi connectivity index (χ4v) is 2.91. The van der Waals surface area contributed by atoms with Crippen LogP contribution >= 0.6 is 0 Å². The van der Waals surface area contributed by atoms with Crippen molar-refractivity contribution >= 4 is 21.7 Å². The van der Waals surface area contributed by atoms with Crippen molar-refractivity contribution in [2.75, 3.05) is 0 Å². The summed E-state index contributed by atoms with van der Waals surface area (Å²) in [5.74, 6) is -1.37. The zero-order valence-corrected chi connectivity index (χ0v) is 11.9. The second-order valence-electron chi connectivity index (χ2n) is 4.34. The van der Waals surface area contributed by atoms with Crippen LogP contribution < -0.4 is 4.72 Å². The molecule has 0 aromatic heterocycles. The number of carboxylic acids is 1. The Kier molecular flexibility index (Phi) is 4.46. The maximum absolute atomic E-state index is 12.1. The van der Waals surface area contributed by atoms with Crippen LogP contribution in [0.25, 0.3) is 0 Å². The lowest BCUT2D eigenvalue weighted by atomic mass is 10.1. The number of nitrogens with one attached hydrogen (secondary N) is 1. The highest BCUT2D eigenvalue weighted by Gasteiger charge is 2.29. The van der Waals surface area contributed by atoms with Gasteiger partial charge in [-0.1, -0.05) is 0 Å². The Morgan fingerprint density at radius 2 is 1.85 bits per heavy atom. The molecule has 0 aliphatic rings. The monoisotopic (exact) mass is 302 g/mol. The van der Waals surface area contributed by atoms with Crippen molar-refractivity contribution in [2.24, 2.45) is 0 Å². The molecule has 0 saturated heterocycles. The van der Waals surface area contributed by atoms with Gasteiger partial charge in [0.2, 0.25) is 10.0 Å². The number of sulfonamides is 1. The van der Waals surface area contributed by atoms with Gasteiger partial charge in [0.1, 0.15) is 6.04 Å². The van der Waals surface area contributed by atoms with Crippen LogP contribution in [0.4, 0.5) is 5.69 Å². The van der Waals surface area contributed by atoms with Gasteiger partial charge in [-0.15, -0.1) is 0 Å². The SMILES string of the molecule is Cc1cc([N+](=O)[O-])c(S(=O)(=O)NC(C)C(=O)O)cc1C. The Morgan fingerprint density at radius 3 is 2.30 bits per heavy atom. The lowest BCUT2D eigenvalue weighted by Crippen LogP contribution is -2.38. The number of rotatable bonds is 5. The van der Waals surface area contributed by atoms with Crippen LogP contribution in [-0.4, -0.2) is 30.5 Å². The van der Waals surface area contributed by atoms with Gasteiger partial charge in [-0.25, -0.2) is 8.42 Å². The molecular formula is C11H14N2O6S. The van der Waals surface area contributed by atoms with Crippen molar-refractivity contribution in [3.63, 3.8) is 0 Å². The van der Waals surface area contributed by atoms with E-state index in [0.717, 1.165) is 19.1 Å². The number of nitro groups is 1. The number of aryl methyl sites for hydroxylation is 2. The van der Waals surface area contributed by atoms with Crippen LogP contribution in [0.1, 0.15) is 18.1 Å². The number of aliphatic carboxylic acids is 1. The molecule has 20 heavy (non-hydrogen) atoms. The van der Waals surface area contributed by atoms with Gasteiger partial charge in [-0.05, 0) is 38.0 Å². The van der Waals surface area contributed by atoms with E-state index in [2.05, 4.69) is 0 Å². The summed E-state index contributed by atoms with van der Waals surface area (Å²) in [6, 6.07) is 0.917. The summed E-state index contributed by atoms with van der Waals surface area (Å²) in [5.41, 5.74) is 0.541. The molecule has 0 aliphatic carbocycles. The Bertz CT molecular complexity index is 668. The average Bonchev–Trinajstić information content (AvgIpc) is 2.30. The summed E-state index contributed by atoms with van der Waals surface area (Å²) >= 11 is 0. The van der Waals surface area contributed by atoms with Crippen LogP contribution in [0, 0.1) is 24.0 Å². The Hall–Kier alpha value is -2.00. The molecular weight excluding hydrogens is 288 g/mol. The fourth-order valence-electron chi connectivity index (χ4n) is 1.48. The molecule has 0 amide bonds. The molecule has 0 radical (unpaired) electrons. The number of benzene rings is 1. The summed E-state index contributed by atoms with van der Waals surface area (Å²) in [6.07, 6.45) is 0. The van der Waals surface area contributed by atoms with E-state index < -0.39 is 37.5 Å². The van der Waals surface area contributed by atoms with Crippen LogP contribution in [-0.2, 0) is 14.8 Å². The van der Waals surface area contributed by atoms with Gasteiger partial charge in [0.05, 0.1) is 4.92 Å². The second kappa shape index (κ2) is 5.55. The number of carboxylic acid groups (broad SMARTS) is 1. The van der Waals surface area contributed by atoms with Gasteiger partial charge < -0.3 is 5.11 Å². The van der Waals surface area contributed by atoms with Gasteiger partial charge in [0.15, 0.2) is 4.90 Å². The predicted octanol–water partition coefficient (Wildman–Crippen LogP) is 0.963. The predicted molar refractivity (Wildman–Crippen MR) is 70.0 cm³/mol. The highest BCUT2D eigenvalue weighted by atomic mass is 32.2. The lowest BCUT2D eigenvalue weighted by Gasteiger charge is -2.12. The Morgan fingerprint density at radius 1 is 1.35 bits per heavy atom. The molecule has 8 nitrogen and oxygen atoms in total. The van der Waals surface area contributed by atoms with Crippen LogP contribution in [0.3, 0.4) is 0 Å². The molecule has 1 aromatic carbocycles. The van der Waals surface area contributed by atoms with E-state index >= 15 is 0 Å². The summed E-state index contributed by atoms with van der Waals surface area (Å²) in [4.78, 5) is 20.3. The van der Waals surface area contributed by atoms with E-state index in [-0.39, 0.29) is 0 Å². The zero-order valence-electron chi connectivity index (χ0n) is 11.1. The van der Waals surface area contributed by atoms with E-state index in [4.69, 9.17) is 5.11 Å². The van der Waals surface area contributed by atoms with Gasteiger partial charge in [-0.3, -0.25) is 14.9 Å². The minimum Gasteiger partial charge on any atom is -0.480 e. The van der Waals surface area contributed by atoms with Crippen LogP contribution in [0.2, 0.25) is 0 Å². The van der Waals surface area contributed by atoms with E-state index in [1.807, 2.05) is 4.72 Å². The van der Waals surface area contributed by atoms with Gasteiger partial charge in [0, 0.05) is 6.07 Å². The number of nitro benzene ring substituents is 1. The van der Waals surface area contributed by atoms with Crippen molar-refractivity contribution in [2.45, 2.75) is 31.7 Å². The molecule has 1 atom stereocenters. The minimum atomic E-state index is -4.29. The van der Waals surface area contributed by atoms with Gasteiger partial charge in [0.25, 0.3) is 5.69 Å². The summed E-state index contributed by atoms with van der Waals surface area (Å²) in [5, 5.41) is 19.7. The van der Waals surface area contributed by atoms with E-state index in [9.17, 15) is 23.3 Å². The molecule has 0 spiro atoms. The van der Waals surface area contributed by atoms with Crippen molar-refractivity contribution in [3.05, 3.63) is 33.4 Å². The smallest absolute Gasteiger partial charge is 0.321 e. The van der Waals surface area contributed by atoms with Gasteiger partial charge in [-0.2, -0.15) is 4.72 Å². The van der Waals surface area contributed by atoms with E-state index in [0.29, 0.717) is 11.1 Å². The first-order valence-corrected chi connectivity index (χ1v) is 7.05. The number of hydrogen-bond acceptors (Lipinski definition) is 5. The van der Waals surface area contributed by atoms with Crippen molar-refractivity contribution in [3.8, 4) is 0 Å². The molecule has 0 bridgehead atoms. The largest absolute Gasteiger partial charge is 0.480 e. The molecule has 1 rings (SSSR count). The molecule has 0 aliphatic heterocycles. The second-order valence-corrected chi connectivity index (χ2v) is 6.02. The fraction of sp³-hybridized carbons (Fsp3) is 0.364. The highest BCUT2D eigenvalue weighted by molar-refractivity contribution is 7.89. The minimum absolute atomic E-state index is 0.543. The normalized spacial score (nSPS) is 12.9. The first-order chi connectivity index (χ1) is 9.06. The maximum atomic E-state index is 12.1. The molecule has 2 N–H and O–H groups in total. The topological polar surface area (TPSA) is 127 Å². The Balaban J connectivity index is 3.41. The molecule has 0 saturated carbocycles. The molecule has 9 heteroatoms. The molecule has 0 fully saturated rings. The number of hydrogen-bond donors (Lipinski definition) is 2. The molecule has 1 unspecified atom stereocenters. The molecule has 110 valence electrons. The quantitative estimate of drug-likeness (QED) is 0.616. The van der Waals surface area contributed by atoms with Crippen LogP contribution in [0.5, 0.6) is 0 Å². The summed E-state index contributed by atoms with van der Waals surface area (Å²) in [6.45, 7) is 4.36.